The molecule has 0 radical (unpaired) electrons. The van der Waals surface area contributed by atoms with Crippen LogP contribution in [-0.4, -0.2) is 26.5 Å². The van der Waals surface area contributed by atoms with E-state index >= 15 is 0 Å². The van der Waals surface area contributed by atoms with Crippen molar-refractivity contribution in [1.82, 2.24) is 0 Å². The number of carbonyl (C=O) groups excluding carboxylic acids is 1. The first kappa shape index (κ1) is 25.6. The van der Waals surface area contributed by atoms with Crippen molar-refractivity contribution < 1.29 is 14.0 Å². The average Bonchev–Trinajstić information content (AvgIpc) is 2.66. The number of hydrogen-bond donors (Lipinski definition) is 0. The molecule has 0 bridgehead atoms. The van der Waals surface area contributed by atoms with Gasteiger partial charge in [0.2, 0.25) is 0 Å². The third-order valence-corrected chi connectivity index (χ3v) is 10.5. The molecule has 0 saturated carbocycles. The Balaban J connectivity index is 2.78. The van der Waals surface area contributed by atoms with Gasteiger partial charge < -0.3 is 9.16 Å². The minimum atomic E-state index is -1.90. The van der Waals surface area contributed by atoms with Crippen LogP contribution in [0.5, 0.6) is 0 Å². The molecule has 1 rings (SSSR count). The van der Waals surface area contributed by atoms with Crippen molar-refractivity contribution in [2.24, 2.45) is 0 Å². The van der Waals surface area contributed by atoms with Crippen LogP contribution in [0.2, 0.25) is 18.1 Å². The lowest BCUT2D eigenvalue weighted by atomic mass is 10.0. The predicted octanol–water partition coefficient (Wildman–Crippen LogP) is 7.54. The number of rotatable bonds is 13. The molecule has 0 N–H and O–H groups in total. The summed E-state index contributed by atoms with van der Waals surface area (Å²) in [5.41, 5.74) is 0.570. The first-order chi connectivity index (χ1) is 13.6. The van der Waals surface area contributed by atoms with Crippen molar-refractivity contribution in [3.8, 4) is 0 Å². The van der Waals surface area contributed by atoms with E-state index in [-0.39, 0.29) is 23.2 Å². The molecule has 0 unspecified atom stereocenters. The lowest BCUT2D eigenvalue weighted by Gasteiger charge is -2.40. The highest BCUT2D eigenvalue weighted by atomic mass is 28.4. The highest BCUT2D eigenvalue weighted by molar-refractivity contribution is 6.74. The van der Waals surface area contributed by atoms with Gasteiger partial charge in [0.25, 0.3) is 0 Å². The van der Waals surface area contributed by atoms with Gasteiger partial charge in [-0.2, -0.15) is 0 Å². The lowest BCUT2D eigenvalue weighted by Crippen LogP contribution is -2.44. The molecule has 0 aliphatic heterocycles. The molecule has 1 aromatic carbocycles. The highest BCUT2D eigenvalue weighted by Gasteiger charge is 2.39. The predicted molar refractivity (Wildman–Crippen MR) is 126 cm³/mol. The van der Waals surface area contributed by atoms with E-state index < -0.39 is 8.32 Å². The van der Waals surface area contributed by atoms with E-state index in [1.54, 1.807) is 18.2 Å². The summed E-state index contributed by atoms with van der Waals surface area (Å²) in [5, 5.41) is 0.151. The molecule has 3 nitrogen and oxygen atoms in total. The quantitative estimate of drug-likeness (QED) is 0.144. The van der Waals surface area contributed by atoms with E-state index in [0.717, 1.165) is 12.8 Å². The van der Waals surface area contributed by atoms with Gasteiger partial charge in [0.15, 0.2) is 8.32 Å². The molecule has 29 heavy (non-hydrogen) atoms. The van der Waals surface area contributed by atoms with Crippen LogP contribution in [0.3, 0.4) is 0 Å². The van der Waals surface area contributed by atoms with Crippen molar-refractivity contribution in [3.63, 3.8) is 0 Å². The van der Waals surface area contributed by atoms with Gasteiger partial charge in [0.1, 0.15) is 6.10 Å². The molecule has 1 aromatic rings. The normalized spacial score (nSPS) is 14.3. The molecule has 0 saturated heterocycles. The Hall–Kier alpha value is -1.39. The second-order valence-electron chi connectivity index (χ2n) is 9.48. The molecular formula is C25H42O3Si. The number of benzene rings is 1. The van der Waals surface area contributed by atoms with Gasteiger partial charge in [0, 0.05) is 12.5 Å². The lowest BCUT2D eigenvalue weighted by molar-refractivity contribution is 0.0275. The van der Waals surface area contributed by atoms with Crippen molar-refractivity contribution in [3.05, 3.63) is 48.6 Å². The smallest absolute Gasteiger partial charge is 0.338 e. The van der Waals surface area contributed by atoms with Crippen LogP contribution < -0.4 is 0 Å². The summed E-state index contributed by atoms with van der Waals surface area (Å²) in [6.45, 7) is 17.5. The van der Waals surface area contributed by atoms with Crippen LogP contribution >= 0.6 is 0 Å². The molecule has 2 atom stereocenters. The second kappa shape index (κ2) is 12.3. The van der Waals surface area contributed by atoms with Gasteiger partial charge in [-0.3, -0.25) is 0 Å². The summed E-state index contributed by atoms with van der Waals surface area (Å²) >= 11 is 0. The molecule has 0 spiro atoms. The fraction of sp³-hybridized carbons (Fsp3) is 0.640. The summed E-state index contributed by atoms with van der Waals surface area (Å²) in [6, 6.07) is 9.14. The Kier molecular flexibility index (Phi) is 10.9. The number of hydrogen-bond acceptors (Lipinski definition) is 3. The van der Waals surface area contributed by atoms with E-state index in [1.165, 1.54) is 25.7 Å². The van der Waals surface area contributed by atoms with Crippen LogP contribution in [0.25, 0.3) is 0 Å². The minimum Gasteiger partial charge on any atom is -0.454 e. The van der Waals surface area contributed by atoms with E-state index in [0.29, 0.717) is 12.0 Å². The van der Waals surface area contributed by atoms with Crippen LogP contribution in [0.1, 0.15) is 83.0 Å². The third kappa shape index (κ3) is 9.31. The van der Waals surface area contributed by atoms with E-state index in [1.807, 2.05) is 18.2 Å². The van der Waals surface area contributed by atoms with Crippen LogP contribution in [0, 0.1) is 0 Å². The van der Waals surface area contributed by atoms with E-state index in [4.69, 9.17) is 9.16 Å². The van der Waals surface area contributed by atoms with Crippen LogP contribution in [0.4, 0.5) is 0 Å². The summed E-state index contributed by atoms with van der Waals surface area (Å²) in [7, 11) is -1.90. The van der Waals surface area contributed by atoms with Gasteiger partial charge in [0.05, 0.1) is 5.56 Å². The molecular weight excluding hydrogens is 376 g/mol. The van der Waals surface area contributed by atoms with Crippen molar-refractivity contribution in [2.45, 2.75) is 103 Å². The first-order valence-corrected chi connectivity index (χ1v) is 14.1. The fourth-order valence-electron chi connectivity index (χ4n) is 3.03. The van der Waals surface area contributed by atoms with Gasteiger partial charge in [-0.15, -0.1) is 0 Å². The number of unbranched alkanes of at least 4 members (excludes halogenated alkanes) is 4. The zero-order valence-electron chi connectivity index (χ0n) is 19.5. The van der Waals surface area contributed by atoms with Crippen molar-refractivity contribution in [1.29, 1.82) is 0 Å². The summed E-state index contributed by atoms with van der Waals surface area (Å²) < 4.78 is 12.5. The van der Waals surface area contributed by atoms with Gasteiger partial charge in [-0.05, 0) is 36.7 Å². The molecule has 0 aromatic heterocycles. The van der Waals surface area contributed by atoms with Gasteiger partial charge >= 0.3 is 5.97 Å². The Morgan fingerprint density at radius 1 is 1.10 bits per heavy atom. The monoisotopic (exact) mass is 418 g/mol. The summed E-state index contributed by atoms with van der Waals surface area (Å²) in [6.07, 6.45) is 9.35. The largest absolute Gasteiger partial charge is 0.454 e. The van der Waals surface area contributed by atoms with Gasteiger partial charge in [-0.1, -0.05) is 90.7 Å². The SMILES string of the molecule is C=C[C@@H](C[C@@H](CCCCCCC)O[Si](C)(C)C(C)(C)C)OC(=O)c1ccccc1. The zero-order chi connectivity index (χ0) is 21.9. The number of esters is 1. The maximum absolute atomic E-state index is 12.5. The molecule has 4 heteroatoms. The maximum atomic E-state index is 12.5. The Morgan fingerprint density at radius 2 is 1.72 bits per heavy atom. The van der Waals surface area contributed by atoms with Crippen LogP contribution in [0.15, 0.2) is 43.0 Å². The Morgan fingerprint density at radius 3 is 2.28 bits per heavy atom. The standard InChI is InChI=1S/C25H42O3Si/c1-8-10-11-12-16-19-23(28-29(6,7)25(3,4)5)20-22(9-2)27-24(26)21-17-14-13-15-18-21/h9,13-15,17-18,22-23H,2,8,10-12,16,19-20H2,1,3-7H3/t22-,23+/m0/s1. The van der Waals surface area contributed by atoms with E-state index in [2.05, 4.69) is 47.4 Å². The first-order valence-electron chi connectivity index (χ1n) is 11.2. The summed E-state index contributed by atoms with van der Waals surface area (Å²) in [4.78, 5) is 12.5. The zero-order valence-corrected chi connectivity index (χ0v) is 20.5. The highest BCUT2D eigenvalue weighted by Crippen LogP contribution is 2.38. The topological polar surface area (TPSA) is 35.5 Å². The maximum Gasteiger partial charge on any atom is 0.338 e. The van der Waals surface area contributed by atoms with Crippen molar-refractivity contribution >= 4 is 14.3 Å². The minimum absolute atomic E-state index is 0.0871. The Bertz CT molecular complexity index is 604. The molecule has 0 heterocycles. The summed E-state index contributed by atoms with van der Waals surface area (Å²) in [5.74, 6) is -0.301. The second-order valence-corrected chi connectivity index (χ2v) is 14.2. The third-order valence-electron chi connectivity index (χ3n) is 5.92. The number of carbonyl (C=O) groups is 1. The van der Waals surface area contributed by atoms with Crippen LogP contribution in [-0.2, 0) is 9.16 Å². The van der Waals surface area contributed by atoms with E-state index in [9.17, 15) is 4.79 Å². The Labute approximate surface area is 180 Å². The molecule has 0 fully saturated rings. The molecule has 0 amide bonds. The molecule has 0 aliphatic carbocycles. The van der Waals surface area contributed by atoms with Crippen molar-refractivity contribution in [2.75, 3.05) is 0 Å². The van der Waals surface area contributed by atoms with Gasteiger partial charge in [-0.25, -0.2) is 4.79 Å². The molecule has 164 valence electrons. The molecule has 0 aliphatic rings. The number of ether oxygens (including phenoxy) is 1. The average molecular weight is 419 g/mol. The fourth-order valence-corrected chi connectivity index (χ4v) is 4.43.